The first-order valence-corrected chi connectivity index (χ1v) is 6.72. The second-order valence-electron chi connectivity index (χ2n) is 3.48. The average molecular weight is 294 g/mol. The SMILES string of the molecule is COc1ccc(Cl)cc1S(=O)(=O)N[C@H](C)C(=O)O. The Morgan fingerprint density at radius 1 is 1.50 bits per heavy atom. The number of carbonyl (C=O) groups is 1. The number of sulfonamides is 1. The normalized spacial score (nSPS) is 13.1. The standard InChI is InChI=1S/C10H12ClNO5S/c1-6(10(13)14)12-18(15,16)9-5-7(11)3-4-8(9)17-2/h3-6,12H,1-2H3,(H,13,14)/t6-/m1/s1. The molecular weight excluding hydrogens is 282 g/mol. The van der Waals surface area contributed by atoms with E-state index < -0.39 is 22.0 Å². The Kier molecular flexibility index (Phi) is 4.55. The Bertz CT molecular complexity index is 557. The smallest absolute Gasteiger partial charge is 0.321 e. The molecule has 8 heteroatoms. The van der Waals surface area contributed by atoms with E-state index in [0.29, 0.717) is 0 Å². The summed E-state index contributed by atoms with van der Waals surface area (Å²) < 4.78 is 30.8. The zero-order valence-electron chi connectivity index (χ0n) is 9.68. The van der Waals surface area contributed by atoms with Gasteiger partial charge in [-0.3, -0.25) is 4.79 Å². The predicted octanol–water partition coefficient (Wildman–Crippen LogP) is 1.10. The fourth-order valence-electron chi connectivity index (χ4n) is 1.21. The summed E-state index contributed by atoms with van der Waals surface area (Å²) in [5, 5.41) is 8.90. The summed E-state index contributed by atoms with van der Waals surface area (Å²) in [6.45, 7) is 1.22. The van der Waals surface area contributed by atoms with Crippen molar-refractivity contribution in [3.05, 3.63) is 23.2 Å². The van der Waals surface area contributed by atoms with Gasteiger partial charge in [0.2, 0.25) is 10.0 Å². The molecule has 1 aromatic carbocycles. The number of hydrogen-bond acceptors (Lipinski definition) is 4. The van der Waals surface area contributed by atoms with Crippen molar-refractivity contribution < 1.29 is 23.1 Å². The monoisotopic (exact) mass is 293 g/mol. The lowest BCUT2D eigenvalue weighted by molar-refractivity contribution is -0.138. The van der Waals surface area contributed by atoms with E-state index >= 15 is 0 Å². The van der Waals surface area contributed by atoms with Crippen molar-refractivity contribution in [3.63, 3.8) is 0 Å². The Hall–Kier alpha value is -1.31. The molecule has 0 aliphatic rings. The molecule has 0 saturated heterocycles. The summed E-state index contributed by atoms with van der Waals surface area (Å²) in [4.78, 5) is 10.4. The van der Waals surface area contributed by atoms with Crippen molar-refractivity contribution in [1.29, 1.82) is 0 Å². The van der Waals surface area contributed by atoms with Gasteiger partial charge in [-0.1, -0.05) is 11.6 Å². The summed E-state index contributed by atoms with van der Waals surface area (Å²) in [7, 11) is -2.70. The van der Waals surface area contributed by atoms with Gasteiger partial charge >= 0.3 is 5.97 Å². The summed E-state index contributed by atoms with van der Waals surface area (Å²) >= 11 is 5.71. The zero-order chi connectivity index (χ0) is 13.9. The van der Waals surface area contributed by atoms with Gasteiger partial charge in [0.15, 0.2) is 0 Å². The van der Waals surface area contributed by atoms with E-state index in [1.54, 1.807) is 0 Å². The lowest BCUT2D eigenvalue weighted by atomic mass is 10.3. The van der Waals surface area contributed by atoms with Crippen LogP contribution in [0.5, 0.6) is 5.75 Å². The first-order chi connectivity index (χ1) is 8.27. The number of benzene rings is 1. The fourth-order valence-corrected chi connectivity index (χ4v) is 2.84. The van der Waals surface area contributed by atoms with Crippen LogP contribution in [0.1, 0.15) is 6.92 Å². The van der Waals surface area contributed by atoms with E-state index in [1.165, 1.54) is 32.2 Å². The van der Waals surface area contributed by atoms with Crippen LogP contribution in [0.2, 0.25) is 5.02 Å². The molecule has 0 radical (unpaired) electrons. The van der Waals surface area contributed by atoms with Gasteiger partial charge in [0.1, 0.15) is 16.7 Å². The average Bonchev–Trinajstić information content (AvgIpc) is 2.28. The molecule has 0 aliphatic heterocycles. The van der Waals surface area contributed by atoms with Crippen LogP contribution in [0.3, 0.4) is 0 Å². The first kappa shape index (κ1) is 14.7. The molecule has 1 atom stereocenters. The molecule has 100 valence electrons. The maximum absolute atomic E-state index is 12.0. The van der Waals surface area contributed by atoms with Crippen LogP contribution in [-0.2, 0) is 14.8 Å². The molecule has 1 rings (SSSR count). The molecular formula is C10H12ClNO5S. The Morgan fingerprint density at radius 2 is 2.11 bits per heavy atom. The molecule has 0 saturated carbocycles. The van der Waals surface area contributed by atoms with Crippen LogP contribution in [0, 0.1) is 0 Å². The van der Waals surface area contributed by atoms with E-state index in [-0.39, 0.29) is 15.7 Å². The molecule has 0 aliphatic carbocycles. The topological polar surface area (TPSA) is 92.7 Å². The van der Waals surface area contributed by atoms with E-state index in [4.69, 9.17) is 21.4 Å². The molecule has 0 spiro atoms. The number of methoxy groups -OCH3 is 1. The minimum Gasteiger partial charge on any atom is -0.495 e. The van der Waals surface area contributed by atoms with Crippen molar-refractivity contribution in [2.75, 3.05) is 7.11 Å². The number of hydrogen-bond donors (Lipinski definition) is 2. The number of aliphatic carboxylic acids is 1. The molecule has 2 N–H and O–H groups in total. The minimum atomic E-state index is -4.01. The van der Waals surface area contributed by atoms with E-state index in [0.717, 1.165) is 0 Å². The van der Waals surface area contributed by atoms with E-state index in [9.17, 15) is 13.2 Å². The van der Waals surface area contributed by atoms with Crippen molar-refractivity contribution >= 4 is 27.6 Å². The molecule has 0 aromatic heterocycles. The van der Waals surface area contributed by atoms with Crippen LogP contribution < -0.4 is 9.46 Å². The first-order valence-electron chi connectivity index (χ1n) is 4.86. The minimum absolute atomic E-state index is 0.0875. The molecule has 1 aromatic rings. The van der Waals surface area contributed by atoms with E-state index in [1.807, 2.05) is 4.72 Å². The third-order valence-electron chi connectivity index (χ3n) is 2.12. The Balaban J connectivity index is 3.19. The predicted molar refractivity (Wildman–Crippen MR) is 65.4 cm³/mol. The van der Waals surface area contributed by atoms with Gasteiger partial charge in [0.25, 0.3) is 0 Å². The number of carboxylic acids is 1. The molecule has 0 amide bonds. The molecule has 0 fully saturated rings. The van der Waals surface area contributed by atoms with Gasteiger partial charge in [-0.25, -0.2) is 8.42 Å². The van der Waals surface area contributed by atoms with Crippen molar-refractivity contribution in [1.82, 2.24) is 4.72 Å². The number of rotatable bonds is 5. The summed E-state index contributed by atoms with van der Waals surface area (Å²) in [5.41, 5.74) is 0. The highest BCUT2D eigenvalue weighted by atomic mass is 35.5. The summed E-state index contributed by atoms with van der Waals surface area (Å²) in [6, 6.07) is 2.80. The Morgan fingerprint density at radius 3 is 2.61 bits per heavy atom. The van der Waals surface area contributed by atoms with Gasteiger partial charge in [-0.05, 0) is 25.1 Å². The summed E-state index contributed by atoms with van der Waals surface area (Å²) in [6.07, 6.45) is 0. The maximum Gasteiger partial charge on any atom is 0.321 e. The number of ether oxygens (including phenoxy) is 1. The quantitative estimate of drug-likeness (QED) is 0.848. The highest BCUT2D eigenvalue weighted by Gasteiger charge is 2.24. The second kappa shape index (κ2) is 5.55. The zero-order valence-corrected chi connectivity index (χ0v) is 11.2. The highest BCUT2D eigenvalue weighted by Crippen LogP contribution is 2.26. The largest absolute Gasteiger partial charge is 0.495 e. The molecule has 18 heavy (non-hydrogen) atoms. The lowest BCUT2D eigenvalue weighted by Crippen LogP contribution is -2.38. The maximum atomic E-state index is 12.0. The molecule has 6 nitrogen and oxygen atoms in total. The number of halogens is 1. The van der Waals surface area contributed by atoms with Gasteiger partial charge in [0.05, 0.1) is 7.11 Å². The highest BCUT2D eigenvalue weighted by molar-refractivity contribution is 7.89. The third kappa shape index (κ3) is 3.34. The van der Waals surface area contributed by atoms with Crippen molar-refractivity contribution in [2.24, 2.45) is 0 Å². The van der Waals surface area contributed by atoms with Crippen molar-refractivity contribution in [2.45, 2.75) is 17.9 Å². The van der Waals surface area contributed by atoms with Gasteiger partial charge < -0.3 is 9.84 Å². The van der Waals surface area contributed by atoms with E-state index in [2.05, 4.69) is 0 Å². The summed E-state index contributed by atoms with van der Waals surface area (Å²) in [5.74, 6) is -1.19. The van der Waals surface area contributed by atoms with Crippen LogP contribution in [-0.4, -0.2) is 32.6 Å². The number of carboxylic acid groups (broad SMARTS) is 1. The third-order valence-corrected chi connectivity index (χ3v) is 3.91. The van der Waals surface area contributed by atoms with Gasteiger partial charge in [-0.15, -0.1) is 0 Å². The van der Waals surface area contributed by atoms with Gasteiger partial charge in [0, 0.05) is 5.02 Å². The number of nitrogens with one attached hydrogen (secondary N) is 1. The lowest BCUT2D eigenvalue weighted by Gasteiger charge is -2.13. The Labute approximate surface area is 110 Å². The molecule has 0 bridgehead atoms. The van der Waals surface area contributed by atoms with Crippen LogP contribution >= 0.6 is 11.6 Å². The van der Waals surface area contributed by atoms with Gasteiger partial charge in [-0.2, -0.15) is 4.72 Å². The second-order valence-corrected chi connectivity index (χ2v) is 5.60. The van der Waals surface area contributed by atoms with Crippen LogP contribution in [0.4, 0.5) is 0 Å². The van der Waals surface area contributed by atoms with Crippen LogP contribution in [0.15, 0.2) is 23.1 Å². The molecule has 0 unspecified atom stereocenters. The van der Waals surface area contributed by atoms with Crippen molar-refractivity contribution in [3.8, 4) is 5.75 Å². The fraction of sp³-hybridized carbons (Fsp3) is 0.300. The molecule has 0 heterocycles. The van der Waals surface area contributed by atoms with Crippen LogP contribution in [0.25, 0.3) is 0 Å².